The van der Waals surface area contributed by atoms with Gasteiger partial charge in [0.2, 0.25) is 0 Å². The number of hydrogen-bond acceptors (Lipinski definition) is 4. The van der Waals surface area contributed by atoms with Crippen LogP contribution in [0.25, 0.3) is 0 Å². The lowest BCUT2D eigenvalue weighted by molar-refractivity contribution is -0.300. The SMILES string of the molecule is COOC1CC(C(=O)O)N(C)C1. The summed E-state index contributed by atoms with van der Waals surface area (Å²) < 4.78 is 0. The van der Waals surface area contributed by atoms with E-state index in [2.05, 4.69) is 4.89 Å². The van der Waals surface area contributed by atoms with Crippen LogP contribution in [0.2, 0.25) is 0 Å². The van der Waals surface area contributed by atoms with E-state index in [-0.39, 0.29) is 6.10 Å². The molecule has 0 aromatic heterocycles. The third-order valence-corrected chi connectivity index (χ3v) is 2.03. The number of likely N-dealkylation sites (N-methyl/N-ethyl adjacent to an activating group) is 1. The number of carboxylic acids is 1. The van der Waals surface area contributed by atoms with Crippen LogP contribution in [-0.2, 0) is 14.6 Å². The zero-order valence-corrected chi connectivity index (χ0v) is 7.19. The molecule has 5 nitrogen and oxygen atoms in total. The van der Waals surface area contributed by atoms with Crippen LogP contribution in [0.3, 0.4) is 0 Å². The van der Waals surface area contributed by atoms with Crippen LogP contribution in [0.1, 0.15) is 6.42 Å². The first-order chi connectivity index (χ1) is 5.65. The van der Waals surface area contributed by atoms with Gasteiger partial charge in [-0.3, -0.25) is 9.69 Å². The minimum Gasteiger partial charge on any atom is -0.480 e. The summed E-state index contributed by atoms with van der Waals surface area (Å²) in [6, 6.07) is -0.440. The highest BCUT2D eigenvalue weighted by atomic mass is 17.2. The van der Waals surface area contributed by atoms with Crippen molar-refractivity contribution in [1.82, 2.24) is 4.90 Å². The van der Waals surface area contributed by atoms with Crippen LogP contribution >= 0.6 is 0 Å². The Balaban J connectivity index is 2.44. The Morgan fingerprint density at radius 1 is 1.67 bits per heavy atom. The Hall–Kier alpha value is -0.650. The van der Waals surface area contributed by atoms with E-state index in [1.54, 1.807) is 11.9 Å². The Morgan fingerprint density at radius 3 is 2.75 bits per heavy atom. The maximum absolute atomic E-state index is 10.6. The summed E-state index contributed by atoms with van der Waals surface area (Å²) in [5.74, 6) is -0.806. The second-order valence-electron chi connectivity index (χ2n) is 2.91. The van der Waals surface area contributed by atoms with E-state index in [1.807, 2.05) is 0 Å². The van der Waals surface area contributed by atoms with E-state index in [9.17, 15) is 4.79 Å². The predicted molar refractivity (Wildman–Crippen MR) is 40.6 cm³/mol. The normalized spacial score (nSPS) is 30.8. The van der Waals surface area contributed by atoms with Gasteiger partial charge in [-0.25, -0.2) is 9.78 Å². The smallest absolute Gasteiger partial charge is 0.321 e. The highest BCUT2D eigenvalue weighted by Gasteiger charge is 2.35. The van der Waals surface area contributed by atoms with E-state index in [0.29, 0.717) is 13.0 Å². The number of carbonyl (C=O) groups is 1. The van der Waals surface area contributed by atoms with Crippen LogP contribution in [0.4, 0.5) is 0 Å². The van der Waals surface area contributed by atoms with Gasteiger partial charge in [0.05, 0.1) is 7.11 Å². The summed E-state index contributed by atoms with van der Waals surface area (Å²) in [7, 11) is 3.19. The largest absolute Gasteiger partial charge is 0.480 e. The van der Waals surface area contributed by atoms with Crippen molar-refractivity contribution in [3.8, 4) is 0 Å². The van der Waals surface area contributed by atoms with Crippen molar-refractivity contribution in [3.63, 3.8) is 0 Å². The van der Waals surface area contributed by atoms with Crippen molar-refractivity contribution in [2.24, 2.45) is 0 Å². The maximum Gasteiger partial charge on any atom is 0.321 e. The number of aliphatic carboxylic acids is 1. The van der Waals surface area contributed by atoms with Crippen LogP contribution < -0.4 is 0 Å². The molecule has 2 unspecified atom stereocenters. The third-order valence-electron chi connectivity index (χ3n) is 2.03. The average molecular weight is 175 g/mol. The van der Waals surface area contributed by atoms with E-state index in [0.717, 1.165) is 0 Å². The highest BCUT2D eigenvalue weighted by molar-refractivity contribution is 5.73. The lowest BCUT2D eigenvalue weighted by Crippen LogP contribution is -2.32. The zero-order valence-electron chi connectivity index (χ0n) is 7.19. The fourth-order valence-electron chi connectivity index (χ4n) is 1.45. The van der Waals surface area contributed by atoms with Gasteiger partial charge in [-0.15, -0.1) is 0 Å². The molecule has 1 rings (SSSR count). The molecule has 1 saturated heterocycles. The molecule has 2 atom stereocenters. The molecule has 0 aliphatic carbocycles. The van der Waals surface area contributed by atoms with Crippen LogP contribution in [0.5, 0.6) is 0 Å². The van der Waals surface area contributed by atoms with Crippen molar-refractivity contribution in [3.05, 3.63) is 0 Å². The van der Waals surface area contributed by atoms with E-state index in [1.165, 1.54) is 7.11 Å². The monoisotopic (exact) mass is 175 g/mol. The van der Waals surface area contributed by atoms with E-state index in [4.69, 9.17) is 9.99 Å². The molecule has 0 aromatic rings. The summed E-state index contributed by atoms with van der Waals surface area (Å²) in [5, 5.41) is 8.73. The number of rotatable bonds is 3. The van der Waals surface area contributed by atoms with Crippen molar-refractivity contribution < 1.29 is 19.7 Å². The van der Waals surface area contributed by atoms with Crippen LogP contribution in [-0.4, -0.2) is 48.8 Å². The van der Waals surface area contributed by atoms with Gasteiger partial charge < -0.3 is 5.11 Å². The van der Waals surface area contributed by atoms with Gasteiger partial charge >= 0.3 is 5.97 Å². The Labute approximate surface area is 70.8 Å². The molecule has 70 valence electrons. The maximum atomic E-state index is 10.6. The molecule has 5 heteroatoms. The fourth-order valence-corrected chi connectivity index (χ4v) is 1.45. The van der Waals surface area contributed by atoms with Gasteiger partial charge in [-0.2, -0.15) is 0 Å². The molecule has 1 aliphatic heterocycles. The van der Waals surface area contributed by atoms with Crippen molar-refractivity contribution in [1.29, 1.82) is 0 Å². The van der Waals surface area contributed by atoms with Gasteiger partial charge in [-0.05, 0) is 7.05 Å². The predicted octanol–water partition coefficient (Wildman–Crippen LogP) is -0.278. The topological polar surface area (TPSA) is 59.0 Å². The second kappa shape index (κ2) is 3.84. The molecule has 0 bridgehead atoms. The summed E-state index contributed by atoms with van der Waals surface area (Å²) in [4.78, 5) is 21.7. The molecular formula is C7H13NO4. The third kappa shape index (κ3) is 1.94. The van der Waals surface area contributed by atoms with Gasteiger partial charge in [0.25, 0.3) is 0 Å². The molecule has 0 aromatic carbocycles. The van der Waals surface area contributed by atoms with Gasteiger partial charge in [-0.1, -0.05) is 0 Å². The van der Waals surface area contributed by atoms with Crippen LogP contribution in [0, 0.1) is 0 Å². The number of hydrogen-bond donors (Lipinski definition) is 1. The number of carboxylic acid groups (broad SMARTS) is 1. The first kappa shape index (κ1) is 9.44. The Kier molecular flexibility index (Phi) is 3.02. The van der Waals surface area contributed by atoms with E-state index < -0.39 is 12.0 Å². The molecule has 12 heavy (non-hydrogen) atoms. The summed E-state index contributed by atoms with van der Waals surface area (Å²) >= 11 is 0. The minimum atomic E-state index is -0.806. The number of nitrogens with zero attached hydrogens (tertiary/aromatic N) is 1. The standard InChI is InChI=1S/C7H13NO4/c1-8-4-5(12-11-2)3-6(8)7(9)10/h5-6H,3-4H2,1-2H3,(H,9,10). The summed E-state index contributed by atoms with van der Waals surface area (Å²) in [6.45, 7) is 0.602. The fraction of sp³-hybridized carbons (Fsp3) is 0.857. The summed E-state index contributed by atoms with van der Waals surface area (Å²) in [5.41, 5.74) is 0. The number of likely N-dealkylation sites (tertiary alicyclic amines) is 1. The Morgan fingerprint density at radius 2 is 2.33 bits per heavy atom. The molecule has 0 spiro atoms. The lowest BCUT2D eigenvalue weighted by atomic mass is 10.2. The molecule has 0 radical (unpaired) electrons. The molecular weight excluding hydrogens is 162 g/mol. The molecule has 0 amide bonds. The van der Waals surface area contributed by atoms with Crippen molar-refractivity contribution >= 4 is 5.97 Å². The van der Waals surface area contributed by atoms with Gasteiger partial charge in [0.15, 0.2) is 0 Å². The summed E-state index contributed by atoms with van der Waals surface area (Å²) in [6.07, 6.45) is 0.362. The Bertz CT molecular complexity index is 173. The molecule has 1 N–H and O–H groups in total. The minimum absolute atomic E-state index is 0.124. The van der Waals surface area contributed by atoms with Crippen LogP contribution in [0.15, 0.2) is 0 Å². The van der Waals surface area contributed by atoms with Crippen molar-refractivity contribution in [2.45, 2.75) is 18.6 Å². The van der Waals surface area contributed by atoms with Gasteiger partial charge in [0.1, 0.15) is 12.1 Å². The molecule has 0 saturated carbocycles. The first-order valence-electron chi connectivity index (χ1n) is 3.77. The molecule has 1 heterocycles. The van der Waals surface area contributed by atoms with Gasteiger partial charge in [0, 0.05) is 13.0 Å². The highest BCUT2D eigenvalue weighted by Crippen LogP contribution is 2.18. The van der Waals surface area contributed by atoms with E-state index >= 15 is 0 Å². The quantitative estimate of drug-likeness (QED) is 0.472. The average Bonchev–Trinajstić information content (AvgIpc) is 2.32. The lowest BCUT2D eigenvalue weighted by Gasteiger charge is -2.12. The molecule has 1 fully saturated rings. The first-order valence-corrected chi connectivity index (χ1v) is 3.77. The zero-order chi connectivity index (χ0) is 9.14. The second-order valence-corrected chi connectivity index (χ2v) is 2.91. The van der Waals surface area contributed by atoms with Crippen molar-refractivity contribution in [2.75, 3.05) is 20.7 Å². The molecule has 1 aliphatic rings.